The number of amides is 2. The number of aromatic amines is 1. The van der Waals surface area contributed by atoms with Crippen molar-refractivity contribution in [2.24, 2.45) is 0 Å². The lowest BCUT2D eigenvalue weighted by Gasteiger charge is -2.03. The van der Waals surface area contributed by atoms with E-state index in [9.17, 15) is 9.59 Å². The molecule has 0 saturated heterocycles. The molecule has 0 aliphatic heterocycles. The van der Waals surface area contributed by atoms with Gasteiger partial charge in [-0.15, -0.1) is 0 Å². The molecular weight excluding hydrogens is 382 g/mol. The van der Waals surface area contributed by atoms with Crippen LogP contribution in [-0.4, -0.2) is 33.5 Å². The highest BCUT2D eigenvalue weighted by Gasteiger charge is 2.17. The molecule has 0 saturated carbocycles. The van der Waals surface area contributed by atoms with E-state index in [1.165, 1.54) is 0 Å². The van der Waals surface area contributed by atoms with Crippen LogP contribution in [0.3, 0.4) is 0 Å². The van der Waals surface area contributed by atoms with Gasteiger partial charge in [0.15, 0.2) is 5.82 Å². The summed E-state index contributed by atoms with van der Waals surface area (Å²) in [6, 6.07) is 17.6. The maximum Gasteiger partial charge on any atom is 0.315 e. The van der Waals surface area contributed by atoms with Gasteiger partial charge in [0, 0.05) is 30.2 Å². The maximum absolute atomic E-state index is 12.2. The third kappa shape index (κ3) is 4.72. The minimum Gasteiger partial charge on any atom is -0.361 e. The third-order valence-corrected chi connectivity index (χ3v) is 4.67. The monoisotopic (exact) mass is 403 g/mol. The quantitative estimate of drug-likeness (QED) is 0.418. The lowest BCUT2D eigenvalue weighted by molar-refractivity contribution is -0.120. The molecule has 8 heteroatoms. The summed E-state index contributed by atoms with van der Waals surface area (Å²) in [5, 5.41) is 10.4. The molecule has 2 amide bonds. The van der Waals surface area contributed by atoms with E-state index in [0.29, 0.717) is 19.5 Å². The second-order valence-corrected chi connectivity index (χ2v) is 6.82. The Bertz CT molecular complexity index is 1150. The van der Waals surface area contributed by atoms with Crippen LogP contribution in [-0.2, 0) is 24.2 Å². The number of aromatic nitrogens is 3. The number of benzene rings is 2. The SMILES string of the molecule is O=C(Cc1noc(C(=O)NCCc2c[nH]c3ccccc23)n1)NCc1ccccc1. The van der Waals surface area contributed by atoms with Gasteiger partial charge in [0.25, 0.3) is 0 Å². The van der Waals surface area contributed by atoms with Gasteiger partial charge in [0.2, 0.25) is 5.91 Å². The summed E-state index contributed by atoms with van der Waals surface area (Å²) in [6.45, 7) is 0.842. The Morgan fingerprint density at radius 2 is 1.80 bits per heavy atom. The van der Waals surface area contributed by atoms with Crippen molar-refractivity contribution in [1.82, 2.24) is 25.8 Å². The predicted octanol–water partition coefficient (Wildman–Crippen LogP) is 2.38. The standard InChI is InChI=1S/C22H21N5O3/c28-20(25-13-15-6-2-1-3-7-15)12-19-26-22(30-27-19)21(29)23-11-10-16-14-24-18-9-5-4-8-17(16)18/h1-9,14,24H,10-13H2,(H,23,29)(H,25,28). The van der Waals surface area contributed by atoms with E-state index in [2.05, 4.69) is 25.8 Å². The second-order valence-electron chi connectivity index (χ2n) is 6.82. The molecule has 3 N–H and O–H groups in total. The summed E-state index contributed by atoms with van der Waals surface area (Å²) in [6.07, 6.45) is 2.55. The van der Waals surface area contributed by atoms with Crippen molar-refractivity contribution in [1.29, 1.82) is 0 Å². The normalized spacial score (nSPS) is 10.8. The molecule has 30 heavy (non-hydrogen) atoms. The summed E-state index contributed by atoms with van der Waals surface area (Å²) in [5.41, 5.74) is 3.17. The number of nitrogens with one attached hydrogen (secondary N) is 3. The van der Waals surface area contributed by atoms with E-state index in [-0.39, 0.29) is 24.0 Å². The number of fused-ring (bicyclic) bond motifs is 1. The lowest BCUT2D eigenvalue weighted by Crippen LogP contribution is -2.26. The van der Waals surface area contributed by atoms with Crippen molar-refractivity contribution in [2.45, 2.75) is 19.4 Å². The molecule has 2 heterocycles. The summed E-state index contributed by atoms with van der Waals surface area (Å²) in [5.74, 6) is -0.689. The van der Waals surface area contributed by atoms with Crippen molar-refractivity contribution >= 4 is 22.7 Å². The number of carbonyl (C=O) groups is 2. The zero-order chi connectivity index (χ0) is 20.8. The van der Waals surface area contributed by atoms with Crippen LogP contribution in [0.5, 0.6) is 0 Å². The van der Waals surface area contributed by atoms with E-state index < -0.39 is 5.91 Å². The summed E-state index contributed by atoms with van der Waals surface area (Å²) < 4.78 is 4.99. The maximum atomic E-state index is 12.2. The average molecular weight is 403 g/mol. The van der Waals surface area contributed by atoms with Crippen LogP contribution in [0.25, 0.3) is 10.9 Å². The molecule has 0 aliphatic rings. The first-order valence-corrected chi connectivity index (χ1v) is 9.65. The van der Waals surface area contributed by atoms with Crippen molar-refractivity contribution in [3.63, 3.8) is 0 Å². The molecule has 0 unspecified atom stereocenters. The van der Waals surface area contributed by atoms with E-state index in [1.54, 1.807) is 0 Å². The summed E-state index contributed by atoms with van der Waals surface area (Å²) in [7, 11) is 0. The fourth-order valence-corrected chi connectivity index (χ4v) is 3.15. The molecular formula is C22H21N5O3. The minimum absolute atomic E-state index is 0.0566. The fraction of sp³-hybridized carbons (Fsp3) is 0.182. The number of rotatable bonds is 8. The fourth-order valence-electron chi connectivity index (χ4n) is 3.15. The van der Waals surface area contributed by atoms with Crippen LogP contribution < -0.4 is 10.6 Å². The van der Waals surface area contributed by atoms with E-state index in [1.807, 2.05) is 60.8 Å². The summed E-state index contributed by atoms with van der Waals surface area (Å²) >= 11 is 0. The van der Waals surface area contributed by atoms with Gasteiger partial charge in [0.05, 0.1) is 6.42 Å². The van der Waals surface area contributed by atoms with Gasteiger partial charge >= 0.3 is 11.8 Å². The average Bonchev–Trinajstić information content (AvgIpc) is 3.40. The Hall–Kier alpha value is -3.94. The molecule has 0 spiro atoms. The van der Waals surface area contributed by atoms with Gasteiger partial charge in [0.1, 0.15) is 0 Å². The number of nitrogens with zero attached hydrogens (tertiary/aromatic N) is 2. The Kier molecular flexibility index (Phi) is 5.84. The Balaban J connectivity index is 1.25. The molecule has 4 rings (SSSR count). The van der Waals surface area contributed by atoms with Crippen LogP contribution in [0.1, 0.15) is 27.6 Å². The molecule has 2 aromatic carbocycles. The zero-order valence-corrected chi connectivity index (χ0v) is 16.2. The number of H-pyrrole nitrogens is 1. The van der Waals surface area contributed by atoms with Crippen LogP contribution in [0, 0.1) is 0 Å². The highest BCUT2D eigenvalue weighted by molar-refractivity contribution is 5.89. The zero-order valence-electron chi connectivity index (χ0n) is 16.2. The van der Waals surface area contributed by atoms with Gasteiger partial charge in [-0.25, -0.2) is 0 Å². The predicted molar refractivity (Wildman–Crippen MR) is 111 cm³/mol. The number of hydrogen-bond donors (Lipinski definition) is 3. The molecule has 4 aromatic rings. The Morgan fingerprint density at radius 1 is 1.00 bits per heavy atom. The van der Waals surface area contributed by atoms with Crippen LogP contribution in [0.15, 0.2) is 65.3 Å². The van der Waals surface area contributed by atoms with Crippen LogP contribution in [0.2, 0.25) is 0 Å². The molecule has 0 radical (unpaired) electrons. The second kappa shape index (κ2) is 9.04. The molecule has 0 bridgehead atoms. The van der Waals surface area contributed by atoms with Crippen molar-refractivity contribution in [3.8, 4) is 0 Å². The molecule has 0 aliphatic carbocycles. The largest absolute Gasteiger partial charge is 0.361 e. The number of hydrogen-bond acceptors (Lipinski definition) is 5. The highest BCUT2D eigenvalue weighted by atomic mass is 16.5. The van der Waals surface area contributed by atoms with E-state index in [0.717, 1.165) is 22.0 Å². The highest BCUT2D eigenvalue weighted by Crippen LogP contribution is 2.17. The first-order chi connectivity index (χ1) is 14.7. The van der Waals surface area contributed by atoms with Crippen LogP contribution in [0.4, 0.5) is 0 Å². The van der Waals surface area contributed by atoms with Crippen molar-refractivity contribution in [2.75, 3.05) is 6.54 Å². The van der Waals surface area contributed by atoms with Gasteiger partial charge in [-0.05, 0) is 23.6 Å². The first-order valence-electron chi connectivity index (χ1n) is 9.65. The molecule has 8 nitrogen and oxygen atoms in total. The lowest BCUT2D eigenvalue weighted by atomic mass is 10.1. The van der Waals surface area contributed by atoms with Crippen molar-refractivity contribution < 1.29 is 14.1 Å². The van der Waals surface area contributed by atoms with Crippen LogP contribution >= 0.6 is 0 Å². The van der Waals surface area contributed by atoms with E-state index in [4.69, 9.17) is 4.52 Å². The Morgan fingerprint density at radius 3 is 2.67 bits per heavy atom. The minimum atomic E-state index is -0.460. The Labute approximate surface area is 172 Å². The molecule has 0 fully saturated rings. The van der Waals surface area contributed by atoms with Crippen molar-refractivity contribution in [3.05, 3.63) is 83.6 Å². The van der Waals surface area contributed by atoms with E-state index >= 15 is 0 Å². The van der Waals surface area contributed by atoms with Gasteiger partial charge in [-0.3, -0.25) is 9.59 Å². The molecule has 0 atom stereocenters. The number of para-hydroxylation sites is 1. The molecule has 152 valence electrons. The topological polar surface area (TPSA) is 113 Å². The molecule has 2 aromatic heterocycles. The number of carbonyl (C=O) groups excluding carboxylic acids is 2. The third-order valence-electron chi connectivity index (χ3n) is 4.67. The first kappa shape index (κ1) is 19.4. The van der Waals surface area contributed by atoms with Gasteiger partial charge < -0.3 is 20.1 Å². The summed E-state index contributed by atoms with van der Waals surface area (Å²) in [4.78, 5) is 31.5. The van der Waals surface area contributed by atoms with Gasteiger partial charge in [-0.1, -0.05) is 53.7 Å². The van der Waals surface area contributed by atoms with Gasteiger partial charge in [-0.2, -0.15) is 4.98 Å². The smallest absolute Gasteiger partial charge is 0.315 e.